The van der Waals surface area contributed by atoms with Crippen LogP contribution >= 0.6 is 15.9 Å². The Balaban J connectivity index is 1.44. The van der Waals surface area contributed by atoms with E-state index >= 15 is 0 Å². The molecular formula is C14H23BrO. The third-order valence-electron chi connectivity index (χ3n) is 5.29. The summed E-state index contributed by atoms with van der Waals surface area (Å²) in [7, 11) is 0. The van der Waals surface area contributed by atoms with Crippen LogP contribution in [0.5, 0.6) is 0 Å². The van der Waals surface area contributed by atoms with Crippen LogP contribution in [0.1, 0.15) is 57.8 Å². The lowest BCUT2D eigenvalue weighted by Crippen LogP contribution is -2.54. The average molecular weight is 287 g/mol. The summed E-state index contributed by atoms with van der Waals surface area (Å²) < 4.78 is 6.16. The first-order chi connectivity index (χ1) is 7.81. The molecule has 2 unspecified atom stereocenters. The molecule has 2 atom stereocenters. The zero-order valence-electron chi connectivity index (χ0n) is 10.1. The highest BCUT2D eigenvalue weighted by Gasteiger charge is 2.55. The van der Waals surface area contributed by atoms with Crippen LogP contribution in [-0.4, -0.2) is 17.5 Å². The van der Waals surface area contributed by atoms with Crippen molar-refractivity contribution in [3.05, 3.63) is 0 Å². The first kappa shape index (κ1) is 11.5. The van der Waals surface area contributed by atoms with E-state index < -0.39 is 0 Å². The van der Waals surface area contributed by atoms with Crippen molar-refractivity contribution in [1.29, 1.82) is 0 Å². The molecule has 2 heteroatoms. The van der Waals surface area contributed by atoms with Crippen LogP contribution < -0.4 is 0 Å². The lowest BCUT2D eigenvalue weighted by Gasteiger charge is -2.51. The summed E-state index contributed by atoms with van der Waals surface area (Å²) >= 11 is 3.85. The second kappa shape index (κ2) is 4.61. The normalized spacial score (nSPS) is 37.3. The van der Waals surface area contributed by atoms with E-state index in [0.29, 0.717) is 11.5 Å². The standard InChI is InChI=1S/C14H23BrO/c15-12-10-13(14(12)7-1-2-8-14)16-9-6-11-4-3-5-11/h11-13H,1-10H2. The smallest absolute Gasteiger partial charge is 0.0652 e. The van der Waals surface area contributed by atoms with Crippen molar-refractivity contribution in [2.24, 2.45) is 11.3 Å². The molecule has 3 aliphatic carbocycles. The molecule has 0 aliphatic heterocycles. The molecule has 0 amide bonds. The van der Waals surface area contributed by atoms with Crippen molar-refractivity contribution >= 4 is 15.9 Å². The predicted octanol–water partition coefficient (Wildman–Crippen LogP) is 4.29. The van der Waals surface area contributed by atoms with E-state index in [9.17, 15) is 0 Å². The Hall–Kier alpha value is 0.440. The van der Waals surface area contributed by atoms with Gasteiger partial charge in [0.05, 0.1) is 6.10 Å². The Kier molecular flexibility index (Phi) is 3.32. The summed E-state index contributed by atoms with van der Waals surface area (Å²) in [4.78, 5) is 0.746. The molecule has 0 aromatic rings. The van der Waals surface area contributed by atoms with Crippen molar-refractivity contribution < 1.29 is 4.74 Å². The van der Waals surface area contributed by atoms with Crippen molar-refractivity contribution in [1.82, 2.24) is 0 Å². The molecule has 0 heterocycles. The summed E-state index contributed by atoms with van der Waals surface area (Å²) in [5.74, 6) is 0.999. The third kappa shape index (κ3) is 1.86. The molecule has 3 saturated carbocycles. The molecule has 3 fully saturated rings. The largest absolute Gasteiger partial charge is 0.378 e. The maximum Gasteiger partial charge on any atom is 0.0652 e. The van der Waals surface area contributed by atoms with Gasteiger partial charge in [0.1, 0.15) is 0 Å². The van der Waals surface area contributed by atoms with Crippen LogP contribution in [0, 0.1) is 11.3 Å². The summed E-state index contributed by atoms with van der Waals surface area (Å²) in [6, 6.07) is 0. The predicted molar refractivity (Wildman–Crippen MR) is 69.9 cm³/mol. The van der Waals surface area contributed by atoms with Crippen LogP contribution in [0.25, 0.3) is 0 Å². The topological polar surface area (TPSA) is 9.23 Å². The van der Waals surface area contributed by atoms with Gasteiger partial charge < -0.3 is 4.74 Å². The molecule has 3 aliphatic rings. The van der Waals surface area contributed by atoms with Gasteiger partial charge >= 0.3 is 0 Å². The van der Waals surface area contributed by atoms with E-state index in [1.807, 2.05) is 0 Å². The van der Waals surface area contributed by atoms with Crippen molar-refractivity contribution in [3.8, 4) is 0 Å². The number of hydrogen-bond acceptors (Lipinski definition) is 1. The molecule has 0 saturated heterocycles. The van der Waals surface area contributed by atoms with Crippen LogP contribution in [-0.2, 0) is 4.74 Å². The first-order valence-electron chi connectivity index (χ1n) is 7.07. The molecule has 0 aromatic carbocycles. The number of ether oxygens (including phenoxy) is 1. The van der Waals surface area contributed by atoms with Gasteiger partial charge in [-0.3, -0.25) is 0 Å². The number of halogens is 1. The minimum atomic E-state index is 0.541. The van der Waals surface area contributed by atoms with Crippen LogP contribution in [0.2, 0.25) is 0 Å². The Morgan fingerprint density at radius 1 is 1.12 bits per heavy atom. The van der Waals surface area contributed by atoms with Crippen LogP contribution in [0.3, 0.4) is 0 Å². The van der Waals surface area contributed by atoms with Gasteiger partial charge in [-0.1, -0.05) is 48.0 Å². The monoisotopic (exact) mass is 286 g/mol. The van der Waals surface area contributed by atoms with Gasteiger partial charge in [0.2, 0.25) is 0 Å². The highest BCUT2D eigenvalue weighted by Crippen LogP contribution is 2.57. The van der Waals surface area contributed by atoms with Gasteiger partial charge in [0, 0.05) is 16.8 Å². The molecule has 1 spiro atoms. The zero-order chi connectivity index (χ0) is 11.0. The Bertz CT molecular complexity index is 243. The van der Waals surface area contributed by atoms with Crippen LogP contribution in [0.4, 0.5) is 0 Å². The van der Waals surface area contributed by atoms with E-state index in [1.54, 1.807) is 0 Å². The summed E-state index contributed by atoms with van der Waals surface area (Å²) in [5.41, 5.74) is 0.541. The van der Waals surface area contributed by atoms with Gasteiger partial charge in [-0.25, -0.2) is 0 Å². The van der Waals surface area contributed by atoms with Crippen molar-refractivity contribution in [2.45, 2.75) is 68.7 Å². The highest BCUT2D eigenvalue weighted by atomic mass is 79.9. The molecule has 0 bridgehead atoms. The lowest BCUT2D eigenvalue weighted by molar-refractivity contribution is -0.104. The van der Waals surface area contributed by atoms with E-state index in [4.69, 9.17) is 4.74 Å². The Morgan fingerprint density at radius 2 is 1.88 bits per heavy atom. The minimum Gasteiger partial charge on any atom is -0.378 e. The highest BCUT2D eigenvalue weighted by molar-refractivity contribution is 9.09. The maximum absolute atomic E-state index is 6.16. The van der Waals surface area contributed by atoms with Gasteiger partial charge in [-0.05, 0) is 31.6 Å². The fraction of sp³-hybridized carbons (Fsp3) is 1.00. The fourth-order valence-corrected chi connectivity index (χ4v) is 4.85. The fourth-order valence-electron chi connectivity index (χ4n) is 3.76. The quantitative estimate of drug-likeness (QED) is 0.701. The van der Waals surface area contributed by atoms with E-state index in [-0.39, 0.29) is 0 Å². The molecule has 1 nitrogen and oxygen atoms in total. The number of hydrogen-bond donors (Lipinski definition) is 0. The van der Waals surface area contributed by atoms with Crippen LogP contribution in [0.15, 0.2) is 0 Å². The SMILES string of the molecule is BrC1CC(OCCC2CCC2)C12CCCC2. The molecule has 0 radical (unpaired) electrons. The zero-order valence-corrected chi connectivity index (χ0v) is 11.7. The van der Waals surface area contributed by atoms with E-state index in [1.165, 1.54) is 57.8 Å². The number of alkyl halides is 1. The molecule has 3 rings (SSSR count). The van der Waals surface area contributed by atoms with E-state index in [2.05, 4.69) is 15.9 Å². The van der Waals surface area contributed by atoms with E-state index in [0.717, 1.165) is 17.4 Å². The average Bonchev–Trinajstić information content (AvgIpc) is 2.71. The lowest BCUT2D eigenvalue weighted by atomic mass is 9.64. The number of rotatable bonds is 4. The third-order valence-corrected chi connectivity index (χ3v) is 6.58. The Labute approximate surface area is 107 Å². The molecular weight excluding hydrogens is 264 g/mol. The second-order valence-electron chi connectivity index (χ2n) is 6.09. The Morgan fingerprint density at radius 3 is 2.44 bits per heavy atom. The van der Waals surface area contributed by atoms with Gasteiger partial charge in [0.25, 0.3) is 0 Å². The van der Waals surface area contributed by atoms with Gasteiger partial charge in [0.15, 0.2) is 0 Å². The molecule has 0 N–H and O–H groups in total. The van der Waals surface area contributed by atoms with Gasteiger partial charge in [-0.15, -0.1) is 0 Å². The first-order valence-corrected chi connectivity index (χ1v) is 7.98. The maximum atomic E-state index is 6.16. The summed E-state index contributed by atoms with van der Waals surface area (Å²) in [6.45, 7) is 1.02. The minimum absolute atomic E-state index is 0.541. The molecule has 0 aromatic heterocycles. The second-order valence-corrected chi connectivity index (χ2v) is 7.19. The van der Waals surface area contributed by atoms with Gasteiger partial charge in [-0.2, -0.15) is 0 Å². The van der Waals surface area contributed by atoms with Crippen molar-refractivity contribution in [3.63, 3.8) is 0 Å². The molecule has 16 heavy (non-hydrogen) atoms. The molecule has 92 valence electrons. The van der Waals surface area contributed by atoms with Crippen molar-refractivity contribution in [2.75, 3.05) is 6.61 Å². The summed E-state index contributed by atoms with van der Waals surface area (Å²) in [6.07, 6.45) is 13.2. The summed E-state index contributed by atoms with van der Waals surface area (Å²) in [5, 5.41) is 0.